The first-order valence-corrected chi connectivity index (χ1v) is 19.2. The van der Waals surface area contributed by atoms with Crippen LogP contribution in [0.4, 0.5) is 22.7 Å². The molecule has 0 aromatic heterocycles. The van der Waals surface area contributed by atoms with Crippen LogP contribution in [0, 0.1) is 0 Å². The normalized spacial score (nSPS) is 10.5. The largest absolute Gasteiger partial charge is 0.326 e. The van der Waals surface area contributed by atoms with Crippen LogP contribution >= 0.6 is 21.6 Å². The van der Waals surface area contributed by atoms with E-state index in [1.165, 1.54) is 88.6 Å². The SMILES string of the molecule is [N-]=[N+]=Nc1ccc(NC(=O)CCCCCCCCCCSSCCCCCCCCCCC(=O)Nc2ccc(N=[N+]=[N-])cc2)cc1. The van der Waals surface area contributed by atoms with Gasteiger partial charge in [0.15, 0.2) is 0 Å². The average molecular weight is 667 g/mol. The fraction of sp³-hybridized carbons (Fsp3) is 0.588. The fourth-order valence-corrected chi connectivity index (χ4v) is 7.20. The van der Waals surface area contributed by atoms with E-state index in [4.69, 9.17) is 11.1 Å². The quantitative estimate of drug-likeness (QED) is 0.0320. The molecule has 2 amide bonds. The van der Waals surface area contributed by atoms with Crippen molar-refractivity contribution in [2.45, 2.75) is 116 Å². The molecule has 12 heteroatoms. The highest BCUT2D eigenvalue weighted by Gasteiger charge is 2.04. The van der Waals surface area contributed by atoms with Crippen LogP contribution in [0.25, 0.3) is 20.9 Å². The lowest BCUT2D eigenvalue weighted by Crippen LogP contribution is -2.10. The Balaban J connectivity index is 1.25. The molecule has 0 saturated carbocycles. The number of hydrogen-bond donors (Lipinski definition) is 2. The van der Waals surface area contributed by atoms with Crippen molar-refractivity contribution in [3.05, 3.63) is 69.4 Å². The Morgan fingerprint density at radius 1 is 0.500 bits per heavy atom. The molecule has 0 fully saturated rings. The van der Waals surface area contributed by atoms with Crippen molar-refractivity contribution < 1.29 is 9.59 Å². The van der Waals surface area contributed by atoms with E-state index in [0.717, 1.165) is 37.1 Å². The number of anilines is 2. The van der Waals surface area contributed by atoms with Crippen LogP contribution in [0.1, 0.15) is 116 Å². The lowest BCUT2D eigenvalue weighted by molar-refractivity contribution is -0.117. The first-order chi connectivity index (χ1) is 22.6. The second-order valence-electron chi connectivity index (χ2n) is 11.4. The highest BCUT2D eigenvalue weighted by molar-refractivity contribution is 8.76. The minimum absolute atomic E-state index is 0.0325. The molecule has 0 aliphatic heterocycles. The number of azide groups is 2. The zero-order chi connectivity index (χ0) is 32.9. The molecule has 10 nitrogen and oxygen atoms in total. The first-order valence-electron chi connectivity index (χ1n) is 16.7. The summed E-state index contributed by atoms with van der Waals surface area (Å²) in [6, 6.07) is 13.8. The van der Waals surface area contributed by atoms with E-state index >= 15 is 0 Å². The second kappa shape index (κ2) is 26.9. The van der Waals surface area contributed by atoms with Crippen LogP contribution in [0.3, 0.4) is 0 Å². The molecule has 0 bridgehead atoms. The number of nitrogens with zero attached hydrogens (tertiary/aromatic N) is 6. The van der Waals surface area contributed by atoms with Gasteiger partial charge in [-0.15, -0.1) is 0 Å². The summed E-state index contributed by atoms with van der Waals surface area (Å²) in [5, 5.41) is 12.8. The van der Waals surface area contributed by atoms with E-state index in [0.29, 0.717) is 24.2 Å². The standard InChI is InChI=1S/C34H50N8O2S2/c35-41-39-31-23-19-29(20-24-31)37-33(43)17-13-9-5-1-3-7-11-15-27-45-46-28-16-12-8-4-2-6-10-14-18-34(44)38-30-21-25-32(26-22-30)40-42-36/h19-26H,1-18,27-28H2,(H,37,43)(H,38,44). The monoisotopic (exact) mass is 666 g/mol. The fourth-order valence-electron chi connectivity index (χ4n) is 4.91. The minimum Gasteiger partial charge on any atom is -0.326 e. The predicted molar refractivity (Wildman–Crippen MR) is 196 cm³/mol. The third kappa shape index (κ3) is 20.7. The van der Waals surface area contributed by atoms with Gasteiger partial charge in [-0.05, 0) is 61.0 Å². The molecule has 2 N–H and O–H groups in total. The van der Waals surface area contributed by atoms with E-state index in [-0.39, 0.29) is 11.8 Å². The Kier molecular flexibility index (Phi) is 22.7. The summed E-state index contributed by atoms with van der Waals surface area (Å²) >= 11 is 0. The lowest BCUT2D eigenvalue weighted by atomic mass is 10.1. The second-order valence-corrected chi connectivity index (χ2v) is 14.1. The van der Waals surface area contributed by atoms with Crippen molar-refractivity contribution in [2.24, 2.45) is 10.2 Å². The molecule has 2 rings (SSSR count). The van der Waals surface area contributed by atoms with Gasteiger partial charge in [-0.1, -0.05) is 133 Å². The molecule has 2 aromatic rings. The zero-order valence-electron chi connectivity index (χ0n) is 27.1. The number of amides is 2. The summed E-state index contributed by atoms with van der Waals surface area (Å²) < 4.78 is 0. The van der Waals surface area contributed by atoms with Gasteiger partial charge < -0.3 is 10.6 Å². The average Bonchev–Trinajstić information content (AvgIpc) is 3.05. The van der Waals surface area contributed by atoms with Gasteiger partial charge in [0.05, 0.1) is 0 Å². The van der Waals surface area contributed by atoms with Gasteiger partial charge in [0.25, 0.3) is 0 Å². The van der Waals surface area contributed by atoms with Gasteiger partial charge in [0, 0.05) is 56.9 Å². The Hall–Kier alpha value is -3.30. The highest BCUT2D eigenvalue weighted by atomic mass is 33.1. The van der Waals surface area contributed by atoms with Crippen LogP contribution in [0.5, 0.6) is 0 Å². The summed E-state index contributed by atoms with van der Waals surface area (Å²) in [6.45, 7) is 0. The van der Waals surface area contributed by atoms with Crippen molar-refractivity contribution in [3.63, 3.8) is 0 Å². The van der Waals surface area contributed by atoms with Gasteiger partial charge >= 0.3 is 0 Å². The maximum absolute atomic E-state index is 12.1. The van der Waals surface area contributed by atoms with Crippen LogP contribution < -0.4 is 10.6 Å². The van der Waals surface area contributed by atoms with Crippen molar-refractivity contribution in [1.29, 1.82) is 0 Å². The topological polar surface area (TPSA) is 156 Å². The van der Waals surface area contributed by atoms with Gasteiger partial charge in [-0.3, -0.25) is 9.59 Å². The van der Waals surface area contributed by atoms with Crippen molar-refractivity contribution in [3.8, 4) is 0 Å². The van der Waals surface area contributed by atoms with Crippen molar-refractivity contribution >= 4 is 56.2 Å². The van der Waals surface area contributed by atoms with E-state index in [9.17, 15) is 9.59 Å². The molecule has 0 spiro atoms. The molecule has 0 atom stereocenters. The van der Waals surface area contributed by atoms with Gasteiger partial charge in [-0.25, -0.2) is 0 Å². The molecule has 0 radical (unpaired) electrons. The molecule has 2 aromatic carbocycles. The molecule has 46 heavy (non-hydrogen) atoms. The Morgan fingerprint density at radius 3 is 1.13 bits per heavy atom. The molecule has 0 aliphatic carbocycles. The number of hydrogen-bond acceptors (Lipinski definition) is 6. The molecule has 250 valence electrons. The van der Waals surface area contributed by atoms with E-state index in [2.05, 4.69) is 30.7 Å². The smallest absolute Gasteiger partial charge is 0.224 e. The van der Waals surface area contributed by atoms with Crippen molar-refractivity contribution in [1.82, 2.24) is 0 Å². The predicted octanol–water partition coefficient (Wildman–Crippen LogP) is 12.6. The minimum atomic E-state index is 0.0325. The number of rotatable bonds is 27. The molecule has 0 unspecified atom stereocenters. The maximum Gasteiger partial charge on any atom is 0.224 e. The van der Waals surface area contributed by atoms with Crippen LogP contribution in [-0.4, -0.2) is 23.3 Å². The number of carbonyl (C=O) groups is 2. The Morgan fingerprint density at radius 2 is 0.804 bits per heavy atom. The first kappa shape index (κ1) is 38.9. The Bertz CT molecular complexity index is 1120. The number of nitrogens with one attached hydrogen (secondary N) is 2. The van der Waals surface area contributed by atoms with E-state index < -0.39 is 0 Å². The van der Waals surface area contributed by atoms with Crippen LogP contribution in [0.15, 0.2) is 58.8 Å². The summed E-state index contributed by atoms with van der Waals surface area (Å²) in [4.78, 5) is 29.7. The Labute approximate surface area is 282 Å². The van der Waals surface area contributed by atoms with Gasteiger partial charge in [0.2, 0.25) is 11.8 Å². The molecule has 0 aliphatic rings. The summed E-state index contributed by atoms with van der Waals surface area (Å²) in [5.74, 6) is 2.56. The molecular weight excluding hydrogens is 617 g/mol. The summed E-state index contributed by atoms with van der Waals surface area (Å²) in [5.41, 5.74) is 19.4. The van der Waals surface area contributed by atoms with Gasteiger partial charge in [-0.2, -0.15) is 0 Å². The molecular formula is C34H50N8O2S2. The third-order valence-corrected chi connectivity index (χ3v) is 10.0. The zero-order valence-corrected chi connectivity index (χ0v) is 28.7. The van der Waals surface area contributed by atoms with E-state index in [1.807, 2.05) is 21.6 Å². The van der Waals surface area contributed by atoms with Crippen LogP contribution in [-0.2, 0) is 9.59 Å². The summed E-state index contributed by atoms with van der Waals surface area (Å²) in [7, 11) is 4.05. The highest BCUT2D eigenvalue weighted by Crippen LogP contribution is 2.25. The van der Waals surface area contributed by atoms with Crippen molar-refractivity contribution in [2.75, 3.05) is 22.1 Å². The number of unbranched alkanes of at least 4 members (excludes halogenated alkanes) is 14. The molecule has 0 heterocycles. The number of benzene rings is 2. The van der Waals surface area contributed by atoms with Crippen LogP contribution in [0.2, 0.25) is 0 Å². The van der Waals surface area contributed by atoms with Gasteiger partial charge in [0.1, 0.15) is 0 Å². The third-order valence-electron chi connectivity index (χ3n) is 7.47. The summed E-state index contributed by atoms with van der Waals surface area (Å²) in [6.07, 6.45) is 20.4. The lowest BCUT2D eigenvalue weighted by Gasteiger charge is -2.06. The number of carbonyl (C=O) groups excluding carboxylic acids is 2. The molecule has 0 saturated heterocycles. The van der Waals surface area contributed by atoms with E-state index in [1.54, 1.807) is 48.5 Å². The maximum atomic E-state index is 12.1.